The summed E-state index contributed by atoms with van der Waals surface area (Å²) in [5.41, 5.74) is 4.06. The first kappa shape index (κ1) is 26.0. The maximum Gasteiger partial charge on any atom is 0.138 e. The second kappa shape index (κ2) is 10.4. The zero-order valence-electron chi connectivity index (χ0n) is 23.0. The molecule has 0 aliphatic carbocycles. The van der Waals surface area contributed by atoms with Gasteiger partial charge >= 0.3 is 0 Å². The van der Waals surface area contributed by atoms with Crippen molar-refractivity contribution in [2.45, 2.75) is 44.9 Å². The Hall–Kier alpha value is -4.26. The zero-order valence-corrected chi connectivity index (χ0v) is 23.0. The summed E-state index contributed by atoms with van der Waals surface area (Å²) in [6.07, 6.45) is 12.6. The van der Waals surface area contributed by atoms with Gasteiger partial charge in [0.25, 0.3) is 0 Å². The molecule has 4 aromatic heterocycles. The van der Waals surface area contributed by atoms with E-state index in [4.69, 9.17) is 9.72 Å². The van der Waals surface area contributed by atoms with Crippen molar-refractivity contribution in [1.29, 1.82) is 5.26 Å². The third-order valence-corrected chi connectivity index (χ3v) is 7.57. The van der Waals surface area contributed by atoms with Gasteiger partial charge < -0.3 is 14.7 Å². The van der Waals surface area contributed by atoms with Crippen molar-refractivity contribution in [3.05, 3.63) is 78.0 Å². The minimum absolute atomic E-state index is 0.133. The van der Waals surface area contributed by atoms with Gasteiger partial charge in [-0.15, -0.1) is 0 Å². The van der Waals surface area contributed by atoms with Crippen LogP contribution in [0.3, 0.4) is 0 Å². The molecule has 40 heavy (non-hydrogen) atoms. The van der Waals surface area contributed by atoms with Crippen LogP contribution in [0, 0.1) is 18.3 Å². The van der Waals surface area contributed by atoms with Crippen LogP contribution < -0.4 is 9.64 Å². The molecule has 9 heteroatoms. The fraction of sp³-hybridized carbons (Fsp3) is 0.355. The number of hydrogen-bond donors (Lipinski definition) is 1. The van der Waals surface area contributed by atoms with Gasteiger partial charge in [-0.25, -0.2) is 9.50 Å². The van der Waals surface area contributed by atoms with Crippen LogP contribution in [0.25, 0.3) is 22.7 Å². The molecule has 3 saturated heterocycles. The predicted octanol–water partition coefficient (Wildman–Crippen LogP) is 4.10. The topological polar surface area (TPSA) is 103 Å². The monoisotopic (exact) mass is 535 g/mol. The normalized spacial score (nSPS) is 19.1. The molecule has 3 aliphatic rings. The highest BCUT2D eigenvalue weighted by atomic mass is 16.5. The van der Waals surface area contributed by atoms with E-state index in [1.807, 2.05) is 31.5 Å². The molecule has 7 heterocycles. The Morgan fingerprint density at radius 1 is 1.12 bits per heavy atom. The second-order valence-corrected chi connectivity index (χ2v) is 11.4. The fourth-order valence-electron chi connectivity index (χ4n) is 5.52. The van der Waals surface area contributed by atoms with Gasteiger partial charge in [-0.05, 0) is 63.1 Å². The lowest BCUT2D eigenvalue weighted by Gasteiger charge is -2.56. The molecule has 2 unspecified atom stereocenters. The van der Waals surface area contributed by atoms with Gasteiger partial charge in [-0.1, -0.05) is 12.1 Å². The summed E-state index contributed by atoms with van der Waals surface area (Å²) in [4.78, 5) is 14.2. The Morgan fingerprint density at radius 3 is 2.62 bits per heavy atom. The van der Waals surface area contributed by atoms with Crippen LogP contribution in [-0.2, 0) is 0 Å². The first-order valence-corrected chi connectivity index (χ1v) is 13.6. The van der Waals surface area contributed by atoms with Gasteiger partial charge in [0.05, 0.1) is 34.8 Å². The van der Waals surface area contributed by atoms with Crippen molar-refractivity contribution in [2.24, 2.45) is 0 Å². The quantitative estimate of drug-likeness (QED) is 0.360. The van der Waals surface area contributed by atoms with E-state index in [9.17, 15) is 10.4 Å². The van der Waals surface area contributed by atoms with Crippen molar-refractivity contribution >= 4 is 17.4 Å². The minimum Gasteiger partial charge on any atom is -0.489 e. The molecular weight excluding hydrogens is 502 g/mol. The molecule has 0 aromatic carbocycles. The van der Waals surface area contributed by atoms with Crippen LogP contribution >= 0.6 is 0 Å². The van der Waals surface area contributed by atoms with E-state index in [0.29, 0.717) is 28.9 Å². The zero-order chi connectivity index (χ0) is 27.9. The SMILES string of the molecule is Cc1ccc(/C=C/CN2C3CC2CN(c2ccc(-c4cc(OCC(C)(C)O)cn5ncc(C#N)c45)cn2)C3)nc1. The maximum absolute atomic E-state index is 10.1. The van der Waals surface area contributed by atoms with Crippen molar-refractivity contribution in [1.82, 2.24) is 24.5 Å². The van der Waals surface area contributed by atoms with E-state index in [0.717, 1.165) is 42.3 Å². The summed E-state index contributed by atoms with van der Waals surface area (Å²) in [5, 5.41) is 24.1. The average Bonchev–Trinajstić information content (AvgIpc) is 3.37. The summed E-state index contributed by atoms with van der Waals surface area (Å²) >= 11 is 0. The largest absolute Gasteiger partial charge is 0.489 e. The Bertz CT molecular complexity index is 1570. The van der Waals surface area contributed by atoms with Crippen molar-refractivity contribution < 1.29 is 9.84 Å². The Kier molecular flexibility index (Phi) is 6.74. The predicted molar refractivity (Wildman–Crippen MR) is 154 cm³/mol. The number of aliphatic hydroxyl groups is 1. The molecule has 3 aliphatic heterocycles. The number of fused-ring (bicyclic) bond motifs is 3. The fourth-order valence-corrected chi connectivity index (χ4v) is 5.52. The van der Waals surface area contributed by atoms with Crippen LogP contribution in [0.15, 0.2) is 61.2 Å². The maximum atomic E-state index is 10.1. The molecule has 3 fully saturated rings. The molecule has 2 atom stereocenters. The minimum atomic E-state index is -0.973. The van der Waals surface area contributed by atoms with Crippen LogP contribution in [0.5, 0.6) is 5.75 Å². The number of aromatic nitrogens is 4. The summed E-state index contributed by atoms with van der Waals surface area (Å²) in [7, 11) is 0. The van der Waals surface area contributed by atoms with Gasteiger partial charge in [0, 0.05) is 55.2 Å². The molecule has 9 nitrogen and oxygen atoms in total. The average molecular weight is 536 g/mol. The molecule has 0 amide bonds. The lowest BCUT2D eigenvalue weighted by Crippen LogP contribution is -2.68. The molecule has 7 rings (SSSR count). The van der Waals surface area contributed by atoms with E-state index in [1.54, 1.807) is 30.8 Å². The van der Waals surface area contributed by atoms with Crippen LogP contribution in [0.2, 0.25) is 0 Å². The molecule has 2 bridgehead atoms. The van der Waals surface area contributed by atoms with Crippen molar-refractivity contribution in [3.8, 4) is 22.9 Å². The van der Waals surface area contributed by atoms with Crippen molar-refractivity contribution in [3.63, 3.8) is 0 Å². The first-order valence-electron chi connectivity index (χ1n) is 13.6. The van der Waals surface area contributed by atoms with E-state index >= 15 is 0 Å². The molecular formula is C31H33N7O2. The standard InChI is InChI=1S/C31H33N7O2/c1-21-6-8-24(33-14-21)5-4-10-37-25-11-26(37)18-36(17-25)29-9-7-22(15-34-29)28-12-27(40-20-31(2,3)39)19-38-30(28)23(13-32)16-35-38/h4-9,12,14-16,19,25-26,39H,10-11,17-18,20H2,1-3H3/b5-4+. The molecule has 1 N–H and O–H groups in total. The number of anilines is 1. The van der Waals surface area contributed by atoms with Crippen LogP contribution in [0.1, 0.15) is 37.1 Å². The first-order chi connectivity index (χ1) is 19.3. The van der Waals surface area contributed by atoms with Gasteiger partial charge in [0.1, 0.15) is 24.2 Å². The molecule has 0 spiro atoms. The Labute approximate surface area is 234 Å². The van der Waals surface area contributed by atoms with Crippen LogP contribution in [0.4, 0.5) is 5.82 Å². The molecule has 4 aromatic rings. The smallest absolute Gasteiger partial charge is 0.138 e. The van der Waals surface area contributed by atoms with Crippen LogP contribution in [-0.4, -0.2) is 73.5 Å². The van der Waals surface area contributed by atoms with Crippen molar-refractivity contribution in [2.75, 3.05) is 31.1 Å². The molecule has 204 valence electrons. The highest BCUT2D eigenvalue weighted by Gasteiger charge is 2.44. The lowest BCUT2D eigenvalue weighted by molar-refractivity contribution is 0.0107. The van der Waals surface area contributed by atoms with E-state index in [1.165, 1.54) is 12.0 Å². The number of nitrogens with zero attached hydrogens (tertiary/aromatic N) is 7. The lowest BCUT2D eigenvalue weighted by atomic mass is 9.87. The summed E-state index contributed by atoms with van der Waals surface area (Å²) in [6, 6.07) is 13.4. The Balaban J connectivity index is 1.16. The number of piperidine rings is 1. The second-order valence-electron chi connectivity index (χ2n) is 11.4. The molecule has 0 saturated carbocycles. The van der Waals surface area contributed by atoms with Gasteiger partial charge in [0.2, 0.25) is 0 Å². The summed E-state index contributed by atoms with van der Waals surface area (Å²) in [5.74, 6) is 1.52. The number of ether oxygens (including phenoxy) is 1. The van der Waals surface area contributed by atoms with Gasteiger partial charge in [-0.3, -0.25) is 9.88 Å². The summed E-state index contributed by atoms with van der Waals surface area (Å²) < 4.78 is 7.50. The molecule has 0 radical (unpaired) electrons. The number of aryl methyl sites for hydroxylation is 1. The highest BCUT2D eigenvalue weighted by Crippen LogP contribution is 2.35. The summed E-state index contributed by atoms with van der Waals surface area (Å²) in [6.45, 7) is 8.40. The number of nitriles is 1. The third kappa shape index (κ3) is 5.28. The number of hydrogen-bond acceptors (Lipinski definition) is 8. The highest BCUT2D eigenvalue weighted by molar-refractivity contribution is 5.85. The van der Waals surface area contributed by atoms with E-state index in [-0.39, 0.29) is 6.61 Å². The van der Waals surface area contributed by atoms with E-state index in [2.05, 4.69) is 56.3 Å². The number of rotatable bonds is 8. The number of pyridine rings is 3. The number of piperazine rings is 1. The third-order valence-electron chi connectivity index (χ3n) is 7.57. The van der Waals surface area contributed by atoms with Gasteiger partial charge in [-0.2, -0.15) is 10.4 Å². The van der Waals surface area contributed by atoms with Gasteiger partial charge in [0.15, 0.2) is 0 Å². The van der Waals surface area contributed by atoms with E-state index < -0.39 is 5.60 Å². The Morgan fingerprint density at radius 2 is 1.95 bits per heavy atom.